The van der Waals surface area contributed by atoms with Crippen LogP contribution in [-0.2, 0) is 0 Å². The van der Waals surface area contributed by atoms with E-state index in [0.717, 1.165) is 12.1 Å². The van der Waals surface area contributed by atoms with E-state index in [9.17, 15) is 5.11 Å². The summed E-state index contributed by atoms with van der Waals surface area (Å²) in [7, 11) is 4.37. The predicted octanol–water partition coefficient (Wildman–Crippen LogP) is 2.92. The standard InChI is InChI=1S/C16H26N2O/c1-13(14-7-6-8-15(19)11-14)17-12-16(18(2)3)9-4-5-10-16/h6-8,11,13,17,19H,4-5,9-10,12H2,1-3H3. The number of hydrogen-bond donors (Lipinski definition) is 2. The van der Waals surface area contributed by atoms with Crippen LogP contribution in [0.4, 0.5) is 0 Å². The number of rotatable bonds is 5. The van der Waals surface area contributed by atoms with Crippen LogP contribution in [0.2, 0.25) is 0 Å². The van der Waals surface area contributed by atoms with Crippen molar-refractivity contribution in [2.75, 3.05) is 20.6 Å². The number of phenols is 1. The summed E-state index contributed by atoms with van der Waals surface area (Å²) in [5, 5.41) is 13.2. The zero-order valence-corrected chi connectivity index (χ0v) is 12.3. The fraction of sp³-hybridized carbons (Fsp3) is 0.625. The molecule has 0 aliphatic heterocycles. The SMILES string of the molecule is CC(NCC1(N(C)C)CCCC1)c1cccc(O)c1. The number of nitrogens with one attached hydrogen (secondary N) is 1. The first-order valence-corrected chi connectivity index (χ1v) is 7.23. The molecule has 1 fully saturated rings. The first-order chi connectivity index (χ1) is 9.03. The molecule has 1 aliphatic rings. The molecule has 1 aliphatic carbocycles. The first kappa shape index (κ1) is 14.4. The van der Waals surface area contributed by atoms with E-state index in [0.29, 0.717) is 11.3 Å². The molecule has 3 nitrogen and oxygen atoms in total. The molecule has 0 radical (unpaired) electrons. The number of benzene rings is 1. The molecular formula is C16H26N2O. The molecule has 0 heterocycles. The highest BCUT2D eigenvalue weighted by molar-refractivity contribution is 5.29. The van der Waals surface area contributed by atoms with Crippen LogP contribution in [0.1, 0.15) is 44.2 Å². The predicted molar refractivity (Wildman–Crippen MR) is 79.4 cm³/mol. The highest BCUT2D eigenvalue weighted by Gasteiger charge is 2.35. The van der Waals surface area contributed by atoms with E-state index < -0.39 is 0 Å². The van der Waals surface area contributed by atoms with Gasteiger partial charge in [0.25, 0.3) is 0 Å². The highest BCUT2D eigenvalue weighted by atomic mass is 16.3. The molecule has 2 rings (SSSR count). The third kappa shape index (κ3) is 3.28. The summed E-state index contributed by atoms with van der Waals surface area (Å²) < 4.78 is 0. The second-order valence-corrected chi connectivity index (χ2v) is 6.02. The van der Waals surface area contributed by atoms with Crippen LogP contribution in [0.5, 0.6) is 5.75 Å². The molecule has 1 saturated carbocycles. The summed E-state index contributed by atoms with van der Waals surface area (Å²) in [6.45, 7) is 3.17. The maximum atomic E-state index is 9.54. The van der Waals surface area contributed by atoms with E-state index >= 15 is 0 Å². The number of phenolic OH excluding ortho intramolecular Hbond substituents is 1. The second-order valence-electron chi connectivity index (χ2n) is 6.02. The van der Waals surface area contributed by atoms with Gasteiger partial charge in [0, 0.05) is 18.1 Å². The third-order valence-corrected chi connectivity index (χ3v) is 4.59. The van der Waals surface area contributed by atoms with Gasteiger partial charge in [-0.3, -0.25) is 0 Å². The summed E-state index contributed by atoms with van der Waals surface area (Å²) in [5.74, 6) is 0.342. The zero-order valence-electron chi connectivity index (χ0n) is 12.3. The van der Waals surface area contributed by atoms with Gasteiger partial charge in [-0.05, 0) is 51.6 Å². The molecule has 0 saturated heterocycles. The zero-order chi connectivity index (χ0) is 13.9. The molecule has 1 aromatic carbocycles. The summed E-state index contributed by atoms with van der Waals surface area (Å²) in [6.07, 6.45) is 5.22. The number of nitrogens with zero attached hydrogens (tertiary/aromatic N) is 1. The van der Waals surface area contributed by atoms with Gasteiger partial charge in [0.15, 0.2) is 0 Å². The quantitative estimate of drug-likeness (QED) is 0.856. The van der Waals surface area contributed by atoms with Crippen LogP contribution < -0.4 is 5.32 Å². The van der Waals surface area contributed by atoms with E-state index in [-0.39, 0.29) is 6.04 Å². The molecule has 0 amide bonds. The highest BCUT2D eigenvalue weighted by Crippen LogP contribution is 2.33. The largest absolute Gasteiger partial charge is 0.508 e. The molecule has 0 bridgehead atoms. The fourth-order valence-corrected chi connectivity index (χ4v) is 3.07. The second kappa shape index (κ2) is 5.93. The van der Waals surface area contributed by atoms with Crippen molar-refractivity contribution in [2.24, 2.45) is 0 Å². The molecule has 106 valence electrons. The van der Waals surface area contributed by atoms with E-state index in [1.165, 1.54) is 25.7 Å². The van der Waals surface area contributed by atoms with Crippen molar-refractivity contribution in [2.45, 2.75) is 44.2 Å². The van der Waals surface area contributed by atoms with E-state index in [1.807, 2.05) is 12.1 Å². The molecule has 2 N–H and O–H groups in total. The van der Waals surface area contributed by atoms with Crippen LogP contribution in [-0.4, -0.2) is 36.2 Å². The lowest BCUT2D eigenvalue weighted by Crippen LogP contribution is -2.50. The van der Waals surface area contributed by atoms with Crippen molar-refractivity contribution in [3.63, 3.8) is 0 Å². The molecule has 0 spiro atoms. The van der Waals surface area contributed by atoms with Gasteiger partial charge in [-0.15, -0.1) is 0 Å². The number of likely N-dealkylation sites (N-methyl/N-ethyl adjacent to an activating group) is 1. The van der Waals surface area contributed by atoms with Crippen LogP contribution >= 0.6 is 0 Å². The Morgan fingerprint density at radius 2 is 2.00 bits per heavy atom. The van der Waals surface area contributed by atoms with E-state index in [2.05, 4.69) is 37.3 Å². The topological polar surface area (TPSA) is 35.5 Å². The lowest BCUT2D eigenvalue weighted by atomic mass is 9.95. The van der Waals surface area contributed by atoms with Crippen LogP contribution in [0.3, 0.4) is 0 Å². The van der Waals surface area contributed by atoms with Gasteiger partial charge in [0.05, 0.1) is 0 Å². The summed E-state index contributed by atoms with van der Waals surface area (Å²) in [6, 6.07) is 7.79. The average molecular weight is 262 g/mol. The van der Waals surface area contributed by atoms with Crippen LogP contribution in [0.25, 0.3) is 0 Å². The van der Waals surface area contributed by atoms with Crippen molar-refractivity contribution >= 4 is 0 Å². The number of aromatic hydroxyl groups is 1. The van der Waals surface area contributed by atoms with E-state index in [4.69, 9.17) is 0 Å². The Hall–Kier alpha value is -1.06. The molecule has 19 heavy (non-hydrogen) atoms. The Bertz CT molecular complexity index is 411. The molecule has 0 aromatic heterocycles. The third-order valence-electron chi connectivity index (χ3n) is 4.59. The van der Waals surface area contributed by atoms with E-state index in [1.54, 1.807) is 6.07 Å². The smallest absolute Gasteiger partial charge is 0.115 e. The fourth-order valence-electron chi connectivity index (χ4n) is 3.07. The lowest BCUT2D eigenvalue weighted by molar-refractivity contribution is 0.150. The Labute approximate surface area is 116 Å². The van der Waals surface area contributed by atoms with Crippen molar-refractivity contribution < 1.29 is 5.11 Å². The normalized spacial score (nSPS) is 19.8. The Balaban J connectivity index is 1.97. The van der Waals surface area contributed by atoms with Crippen molar-refractivity contribution in [3.8, 4) is 5.75 Å². The van der Waals surface area contributed by atoms with Gasteiger partial charge in [-0.2, -0.15) is 0 Å². The molecular weight excluding hydrogens is 236 g/mol. The minimum Gasteiger partial charge on any atom is -0.508 e. The minimum atomic E-state index is 0.268. The average Bonchev–Trinajstić information content (AvgIpc) is 2.86. The summed E-state index contributed by atoms with van der Waals surface area (Å²) in [4.78, 5) is 2.38. The van der Waals surface area contributed by atoms with Gasteiger partial charge < -0.3 is 15.3 Å². The van der Waals surface area contributed by atoms with Crippen molar-refractivity contribution in [3.05, 3.63) is 29.8 Å². The molecule has 1 atom stereocenters. The summed E-state index contributed by atoms with van der Waals surface area (Å²) in [5.41, 5.74) is 1.46. The van der Waals surface area contributed by atoms with Gasteiger partial charge in [-0.1, -0.05) is 25.0 Å². The lowest BCUT2D eigenvalue weighted by Gasteiger charge is -2.37. The maximum Gasteiger partial charge on any atom is 0.115 e. The Morgan fingerprint density at radius 3 is 2.58 bits per heavy atom. The molecule has 1 aromatic rings. The first-order valence-electron chi connectivity index (χ1n) is 7.23. The van der Waals surface area contributed by atoms with Gasteiger partial charge in [0.2, 0.25) is 0 Å². The Kier molecular flexibility index (Phi) is 4.48. The number of hydrogen-bond acceptors (Lipinski definition) is 3. The van der Waals surface area contributed by atoms with Crippen molar-refractivity contribution in [1.29, 1.82) is 0 Å². The minimum absolute atomic E-state index is 0.268. The molecule has 3 heteroatoms. The van der Waals surface area contributed by atoms with Crippen molar-refractivity contribution in [1.82, 2.24) is 10.2 Å². The maximum absolute atomic E-state index is 9.54. The monoisotopic (exact) mass is 262 g/mol. The van der Waals surface area contributed by atoms with Crippen LogP contribution in [0, 0.1) is 0 Å². The Morgan fingerprint density at radius 1 is 1.32 bits per heavy atom. The molecule has 1 unspecified atom stereocenters. The van der Waals surface area contributed by atoms with Gasteiger partial charge in [-0.25, -0.2) is 0 Å². The van der Waals surface area contributed by atoms with Gasteiger partial charge in [0.1, 0.15) is 5.75 Å². The summed E-state index contributed by atoms with van der Waals surface area (Å²) >= 11 is 0. The van der Waals surface area contributed by atoms with Crippen LogP contribution in [0.15, 0.2) is 24.3 Å². The van der Waals surface area contributed by atoms with Gasteiger partial charge >= 0.3 is 0 Å².